The molecule has 0 radical (unpaired) electrons. The van der Waals surface area contributed by atoms with Gasteiger partial charge >= 0.3 is 0 Å². The van der Waals surface area contributed by atoms with E-state index in [2.05, 4.69) is 5.32 Å². The maximum Gasteiger partial charge on any atom is 0.247 e. The minimum absolute atomic E-state index is 0.136. The van der Waals surface area contributed by atoms with Gasteiger partial charge in [-0.25, -0.2) is 0 Å². The highest BCUT2D eigenvalue weighted by Crippen LogP contribution is 2.37. The highest BCUT2D eigenvalue weighted by Gasteiger charge is 2.51. The van der Waals surface area contributed by atoms with Gasteiger partial charge in [0.1, 0.15) is 6.04 Å². The van der Waals surface area contributed by atoms with E-state index >= 15 is 0 Å². The van der Waals surface area contributed by atoms with Gasteiger partial charge in [0.05, 0.1) is 25.6 Å². The van der Waals surface area contributed by atoms with Gasteiger partial charge < -0.3 is 14.8 Å². The molecule has 1 fully saturated rings. The van der Waals surface area contributed by atoms with Crippen LogP contribution < -0.4 is 14.8 Å². The number of carbonyl (C=O) groups is 3. The van der Waals surface area contributed by atoms with Crippen molar-refractivity contribution in [2.75, 3.05) is 19.0 Å². The van der Waals surface area contributed by atoms with E-state index in [1.165, 1.54) is 12.0 Å². The van der Waals surface area contributed by atoms with Gasteiger partial charge in [0.25, 0.3) is 0 Å². The molecule has 0 spiro atoms. The number of imide groups is 1. The van der Waals surface area contributed by atoms with E-state index in [0.717, 1.165) is 0 Å². The molecule has 1 N–H and O–H groups in total. The smallest absolute Gasteiger partial charge is 0.247 e. The molecule has 7 heteroatoms. The minimum atomic E-state index is -0.840. The molecular formula is C23H30N2O5. The van der Waals surface area contributed by atoms with Crippen LogP contribution in [0.3, 0.4) is 0 Å². The fourth-order valence-electron chi connectivity index (χ4n) is 4.16. The van der Waals surface area contributed by atoms with Crippen LogP contribution in [0, 0.1) is 17.8 Å². The van der Waals surface area contributed by atoms with Crippen molar-refractivity contribution in [2.24, 2.45) is 17.8 Å². The van der Waals surface area contributed by atoms with Crippen LogP contribution >= 0.6 is 0 Å². The second kappa shape index (κ2) is 9.32. The number of methoxy groups -OCH3 is 1. The topological polar surface area (TPSA) is 84.9 Å². The Morgan fingerprint density at radius 1 is 1.13 bits per heavy atom. The average molecular weight is 415 g/mol. The first-order valence-corrected chi connectivity index (χ1v) is 10.5. The lowest BCUT2D eigenvalue weighted by atomic mass is 9.85. The van der Waals surface area contributed by atoms with E-state index < -0.39 is 6.04 Å². The Labute approximate surface area is 177 Å². The lowest BCUT2D eigenvalue weighted by Crippen LogP contribution is -2.48. The van der Waals surface area contributed by atoms with Crippen molar-refractivity contribution in [1.82, 2.24) is 4.90 Å². The predicted octanol–water partition coefficient (Wildman–Crippen LogP) is 3.40. The van der Waals surface area contributed by atoms with Gasteiger partial charge in [-0.15, -0.1) is 0 Å². The Balaban J connectivity index is 1.83. The Kier molecular flexibility index (Phi) is 6.80. The summed E-state index contributed by atoms with van der Waals surface area (Å²) in [4.78, 5) is 40.4. The molecule has 7 nitrogen and oxygen atoms in total. The second-order valence-electron chi connectivity index (χ2n) is 8.14. The van der Waals surface area contributed by atoms with Crippen molar-refractivity contribution in [3.8, 4) is 11.5 Å². The third-order valence-electron chi connectivity index (χ3n) is 5.58. The summed E-state index contributed by atoms with van der Waals surface area (Å²) in [5, 5.41) is 2.85. The molecule has 2 aliphatic rings. The Morgan fingerprint density at radius 3 is 2.30 bits per heavy atom. The summed E-state index contributed by atoms with van der Waals surface area (Å²) in [7, 11) is 1.53. The van der Waals surface area contributed by atoms with Crippen LogP contribution in [0.2, 0.25) is 0 Å². The van der Waals surface area contributed by atoms with E-state index in [1.807, 2.05) is 32.9 Å². The summed E-state index contributed by atoms with van der Waals surface area (Å²) in [5.74, 6) is -0.330. The average Bonchev–Trinajstić information content (AvgIpc) is 2.98. The van der Waals surface area contributed by atoms with Crippen molar-refractivity contribution < 1.29 is 23.9 Å². The summed E-state index contributed by atoms with van der Waals surface area (Å²) in [6.07, 6.45) is 5.40. The highest BCUT2D eigenvalue weighted by atomic mass is 16.5. The number of amides is 3. The van der Waals surface area contributed by atoms with Crippen LogP contribution in [-0.2, 0) is 14.4 Å². The first kappa shape index (κ1) is 21.9. The molecule has 3 amide bonds. The minimum Gasteiger partial charge on any atom is -0.493 e. The fraction of sp³-hybridized carbons (Fsp3) is 0.522. The summed E-state index contributed by atoms with van der Waals surface area (Å²) < 4.78 is 10.9. The number of allylic oxidation sites excluding steroid dienone is 2. The molecule has 1 aromatic carbocycles. The molecule has 1 heterocycles. The van der Waals surface area contributed by atoms with Gasteiger partial charge in [0.2, 0.25) is 17.7 Å². The Hall–Kier alpha value is -2.83. The molecule has 3 rings (SSSR count). The maximum absolute atomic E-state index is 13.2. The van der Waals surface area contributed by atoms with Gasteiger partial charge in [0.15, 0.2) is 11.5 Å². The lowest BCUT2D eigenvalue weighted by molar-refractivity contribution is -0.147. The van der Waals surface area contributed by atoms with Crippen LogP contribution in [0.4, 0.5) is 5.69 Å². The number of nitrogens with one attached hydrogen (secondary N) is 1. The van der Waals surface area contributed by atoms with Gasteiger partial charge in [0, 0.05) is 11.8 Å². The fourth-order valence-corrected chi connectivity index (χ4v) is 4.16. The summed E-state index contributed by atoms with van der Waals surface area (Å²) in [6.45, 7) is 6.32. The molecule has 1 aliphatic carbocycles. The number of rotatable bonds is 8. The number of ether oxygens (including phenoxy) is 2. The summed E-state index contributed by atoms with van der Waals surface area (Å²) in [5.41, 5.74) is 0.521. The SMILES string of the molecule is CCOc1ccc(NC(=O)C(CC(C)C)N2C(=O)C3CC=CCC3C2=O)cc1OC. The van der Waals surface area contributed by atoms with Crippen molar-refractivity contribution in [1.29, 1.82) is 0 Å². The number of carbonyl (C=O) groups excluding carboxylic acids is 3. The second-order valence-corrected chi connectivity index (χ2v) is 8.14. The van der Waals surface area contributed by atoms with Crippen molar-refractivity contribution in [3.63, 3.8) is 0 Å². The monoisotopic (exact) mass is 414 g/mol. The summed E-state index contributed by atoms with van der Waals surface area (Å²) >= 11 is 0. The molecule has 0 saturated carbocycles. The zero-order valence-corrected chi connectivity index (χ0v) is 18.0. The van der Waals surface area contributed by atoms with Crippen LogP contribution in [0.15, 0.2) is 30.4 Å². The van der Waals surface area contributed by atoms with Crippen LogP contribution in [0.25, 0.3) is 0 Å². The summed E-state index contributed by atoms with van der Waals surface area (Å²) in [6, 6.07) is 4.28. The first-order chi connectivity index (χ1) is 14.4. The molecule has 3 unspecified atom stereocenters. The Bertz CT molecular complexity index is 822. The predicted molar refractivity (Wildman–Crippen MR) is 113 cm³/mol. The number of anilines is 1. The molecule has 1 aliphatic heterocycles. The van der Waals surface area contributed by atoms with Gasteiger partial charge in [-0.3, -0.25) is 19.3 Å². The van der Waals surface area contributed by atoms with Crippen LogP contribution in [-0.4, -0.2) is 42.4 Å². The standard InChI is InChI=1S/C23H30N2O5/c1-5-30-19-11-10-15(13-20(19)29-4)24-21(26)18(12-14(2)3)25-22(27)16-8-6-7-9-17(16)23(25)28/h6-7,10-11,13-14,16-18H,5,8-9,12H2,1-4H3,(H,24,26). The van der Waals surface area contributed by atoms with Crippen LogP contribution in [0.1, 0.15) is 40.0 Å². The quantitative estimate of drug-likeness (QED) is 0.521. The number of fused-ring (bicyclic) bond motifs is 1. The van der Waals surface area contributed by atoms with Gasteiger partial charge in [-0.05, 0) is 44.2 Å². The molecule has 30 heavy (non-hydrogen) atoms. The van der Waals surface area contributed by atoms with E-state index in [4.69, 9.17) is 9.47 Å². The molecule has 0 bridgehead atoms. The molecule has 1 saturated heterocycles. The van der Waals surface area contributed by atoms with Crippen molar-refractivity contribution in [3.05, 3.63) is 30.4 Å². The number of hydrogen-bond donors (Lipinski definition) is 1. The largest absolute Gasteiger partial charge is 0.493 e. The van der Waals surface area contributed by atoms with Crippen LogP contribution in [0.5, 0.6) is 11.5 Å². The van der Waals surface area contributed by atoms with Crippen molar-refractivity contribution in [2.45, 2.75) is 46.1 Å². The Morgan fingerprint density at radius 2 is 1.77 bits per heavy atom. The normalized spacial score (nSPS) is 21.6. The van der Waals surface area contributed by atoms with Crippen molar-refractivity contribution >= 4 is 23.4 Å². The zero-order chi connectivity index (χ0) is 21.8. The molecule has 162 valence electrons. The highest BCUT2D eigenvalue weighted by molar-refractivity contribution is 6.10. The zero-order valence-electron chi connectivity index (χ0n) is 18.0. The van der Waals surface area contributed by atoms with Gasteiger partial charge in [-0.2, -0.15) is 0 Å². The third-order valence-corrected chi connectivity index (χ3v) is 5.58. The van der Waals surface area contributed by atoms with E-state index in [0.29, 0.717) is 43.1 Å². The number of hydrogen-bond acceptors (Lipinski definition) is 5. The number of nitrogens with zero attached hydrogens (tertiary/aromatic N) is 1. The lowest BCUT2D eigenvalue weighted by Gasteiger charge is -2.27. The third kappa shape index (κ3) is 4.35. The van der Waals surface area contributed by atoms with E-state index in [-0.39, 0.29) is 35.5 Å². The molecule has 0 aromatic heterocycles. The van der Waals surface area contributed by atoms with E-state index in [1.54, 1.807) is 18.2 Å². The maximum atomic E-state index is 13.2. The molecular weight excluding hydrogens is 384 g/mol. The number of benzene rings is 1. The molecule has 1 aromatic rings. The van der Waals surface area contributed by atoms with E-state index in [9.17, 15) is 14.4 Å². The van der Waals surface area contributed by atoms with Gasteiger partial charge in [-0.1, -0.05) is 26.0 Å². The first-order valence-electron chi connectivity index (χ1n) is 10.5. The molecule has 3 atom stereocenters. The number of likely N-dealkylation sites (tertiary alicyclic amines) is 1.